The predicted octanol–water partition coefficient (Wildman–Crippen LogP) is 3.41. The first-order valence-electron chi connectivity index (χ1n) is 5.75. The molecule has 0 aliphatic carbocycles. The van der Waals surface area contributed by atoms with Gasteiger partial charge >= 0.3 is 0 Å². The van der Waals surface area contributed by atoms with Gasteiger partial charge in [-0.1, -0.05) is 25.4 Å². The molecule has 1 aromatic rings. The normalized spacial score (nSPS) is 24.1. The van der Waals surface area contributed by atoms with Gasteiger partial charge in [-0.3, -0.25) is 0 Å². The maximum Gasteiger partial charge on any atom is 0.124 e. The van der Waals surface area contributed by atoms with Crippen LogP contribution in [0.25, 0.3) is 0 Å². The van der Waals surface area contributed by atoms with Gasteiger partial charge in [0.1, 0.15) is 11.9 Å². The van der Waals surface area contributed by atoms with E-state index < -0.39 is 0 Å². The van der Waals surface area contributed by atoms with E-state index in [2.05, 4.69) is 19.2 Å². The molecule has 1 aromatic carbocycles. The van der Waals surface area contributed by atoms with Crippen molar-refractivity contribution in [3.8, 4) is 5.75 Å². The van der Waals surface area contributed by atoms with Crippen molar-refractivity contribution >= 4 is 11.6 Å². The molecular weight excluding hydrogens is 222 g/mol. The van der Waals surface area contributed by atoms with E-state index in [9.17, 15) is 0 Å². The monoisotopic (exact) mass is 239 g/mol. The Kier molecular flexibility index (Phi) is 3.41. The average molecular weight is 240 g/mol. The van der Waals surface area contributed by atoms with E-state index in [-0.39, 0.29) is 6.10 Å². The zero-order valence-electron chi connectivity index (χ0n) is 9.96. The summed E-state index contributed by atoms with van der Waals surface area (Å²) in [5.74, 6) is 1.49. The van der Waals surface area contributed by atoms with E-state index in [4.69, 9.17) is 16.3 Å². The molecule has 1 N–H and O–H groups in total. The van der Waals surface area contributed by atoms with Crippen LogP contribution in [0.1, 0.15) is 31.9 Å². The molecule has 0 amide bonds. The summed E-state index contributed by atoms with van der Waals surface area (Å²) in [6.45, 7) is 4.39. The molecule has 0 aromatic heterocycles. The molecule has 2 unspecified atom stereocenters. The van der Waals surface area contributed by atoms with Crippen molar-refractivity contribution in [2.24, 2.45) is 5.92 Å². The Morgan fingerprint density at radius 2 is 2.19 bits per heavy atom. The molecule has 2 atom stereocenters. The topological polar surface area (TPSA) is 21.3 Å². The number of hydrogen-bond donors (Lipinski definition) is 1. The summed E-state index contributed by atoms with van der Waals surface area (Å²) in [6.07, 6.45) is 1.28. The highest BCUT2D eigenvalue weighted by atomic mass is 35.5. The van der Waals surface area contributed by atoms with Gasteiger partial charge in [-0.15, -0.1) is 0 Å². The Hall–Kier alpha value is -0.730. The zero-order chi connectivity index (χ0) is 11.7. The highest BCUT2D eigenvalue weighted by molar-refractivity contribution is 6.30. The summed E-state index contributed by atoms with van der Waals surface area (Å²) in [7, 11) is 1.98. The van der Waals surface area contributed by atoms with Crippen LogP contribution in [0, 0.1) is 5.92 Å². The Balaban J connectivity index is 2.34. The molecule has 0 radical (unpaired) electrons. The third kappa shape index (κ3) is 2.18. The number of nitrogens with one attached hydrogen (secondary N) is 1. The Morgan fingerprint density at radius 3 is 2.81 bits per heavy atom. The quantitative estimate of drug-likeness (QED) is 0.854. The van der Waals surface area contributed by atoms with Crippen LogP contribution in [0.2, 0.25) is 5.02 Å². The summed E-state index contributed by atoms with van der Waals surface area (Å²) in [4.78, 5) is 0. The van der Waals surface area contributed by atoms with Crippen LogP contribution in [0.4, 0.5) is 0 Å². The molecule has 0 spiro atoms. The van der Waals surface area contributed by atoms with Crippen molar-refractivity contribution in [3.05, 3.63) is 28.8 Å². The maximum atomic E-state index is 6.01. The minimum atomic E-state index is 0.283. The number of ether oxygens (including phenoxy) is 1. The lowest BCUT2D eigenvalue weighted by Crippen LogP contribution is -2.34. The molecule has 0 fully saturated rings. The molecule has 16 heavy (non-hydrogen) atoms. The Morgan fingerprint density at radius 1 is 1.44 bits per heavy atom. The predicted molar refractivity (Wildman–Crippen MR) is 67.1 cm³/mol. The van der Waals surface area contributed by atoms with E-state index in [0.717, 1.165) is 17.2 Å². The fourth-order valence-electron chi connectivity index (χ4n) is 2.15. The maximum absolute atomic E-state index is 6.01. The van der Waals surface area contributed by atoms with Crippen molar-refractivity contribution in [2.75, 3.05) is 7.05 Å². The lowest BCUT2D eigenvalue weighted by Gasteiger charge is -2.34. The first-order chi connectivity index (χ1) is 7.61. The number of benzene rings is 1. The molecule has 88 valence electrons. The van der Waals surface area contributed by atoms with E-state index in [0.29, 0.717) is 12.0 Å². The molecule has 3 heteroatoms. The van der Waals surface area contributed by atoms with Crippen molar-refractivity contribution in [2.45, 2.75) is 32.4 Å². The van der Waals surface area contributed by atoms with Gasteiger partial charge in [0.15, 0.2) is 0 Å². The fourth-order valence-corrected chi connectivity index (χ4v) is 2.33. The molecule has 1 aliphatic rings. The molecule has 1 heterocycles. The van der Waals surface area contributed by atoms with E-state index >= 15 is 0 Å². The van der Waals surface area contributed by atoms with Gasteiger partial charge in [0.2, 0.25) is 0 Å². The fraction of sp³-hybridized carbons (Fsp3) is 0.538. The van der Waals surface area contributed by atoms with Crippen molar-refractivity contribution in [1.82, 2.24) is 5.32 Å². The number of fused-ring (bicyclic) bond motifs is 1. The zero-order valence-corrected chi connectivity index (χ0v) is 10.7. The number of rotatable bonds is 2. The first kappa shape index (κ1) is 11.7. The lowest BCUT2D eigenvalue weighted by atomic mass is 9.91. The first-order valence-corrected chi connectivity index (χ1v) is 6.13. The van der Waals surface area contributed by atoms with E-state index in [1.807, 2.05) is 25.2 Å². The second-order valence-electron chi connectivity index (χ2n) is 4.66. The van der Waals surface area contributed by atoms with Crippen LogP contribution in [0.3, 0.4) is 0 Å². The second kappa shape index (κ2) is 4.64. The van der Waals surface area contributed by atoms with Gasteiger partial charge in [0.25, 0.3) is 0 Å². The lowest BCUT2D eigenvalue weighted by molar-refractivity contribution is 0.109. The standard InChI is InChI=1S/C13H18ClNO/c1-8(2)13-7-11(15-3)10-6-9(14)4-5-12(10)16-13/h4-6,8,11,13,15H,7H2,1-3H3. The molecular formula is C13H18ClNO. The van der Waals surface area contributed by atoms with Crippen molar-refractivity contribution in [3.63, 3.8) is 0 Å². The third-order valence-electron chi connectivity index (χ3n) is 3.19. The summed E-state index contributed by atoms with van der Waals surface area (Å²) < 4.78 is 5.98. The van der Waals surface area contributed by atoms with Gasteiger partial charge in [-0.25, -0.2) is 0 Å². The molecule has 2 nitrogen and oxygen atoms in total. The van der Waals surface area contributed by atoms with Gasteiger partial charge in [0, 0.05) is 23.0 Å². The third-order valence-corrected chi connectivity index (χ3v) is 3.42. The highest BCUT2D eigenvalue weighted by Gasteiger charge is 2.29. The number of hydrogen-bond acceptors (Lipinski definition) is 2. The molecule has 0 bridgehead atoms. The SMILES string of the molecule is CNC1CC(C(C)C)Oc2ccc(Cl)cc21. The minimum absolute atomic E-state index is 0.283. The smallest absolute Gasteiger partial charge is 0.124 e. The highest BCUT2D eigenvalue weighted by Crippen LogP contribution is 2.37. The Bertz CT molecular complexity index is 378. The summed E-state index contributed by atoms with van der Waals surface area (Å²) >= 11 is 6.01. The molecule has 2 rings (SSSR count). The summed E-state index contributed by atoms with van der Waals surface area (Å²) in [5.41, 5.74) is 1.17. The number of halogens is 1. The van der Waals surface area contributed by atoms with Crippen LogP contribution in [0.5, 0.6) is 5.75 Å². The van der Waals surface area contributed by atoms with E-state index in [1.165, 1.54) is 5.56 Å². The average Bonchev–Trinajstić information content (AvgIpc) is 2.27. The van der Waals surface area contributed by atoms with Crippen LogP contribution >= 0.6 is 11.6 Å². The van der Waals surface area contributed by atoms with Crippen LogP contribution in [-0.4, -0.2) is 13.2 Å². The van der Waals surface area contributed by atoms with E-state index in [1.54, 1.807) is 0 Å². The van der Waals surface area contributed by atoms with Crippen molar-refractivity contribution < 1.29 is 4.74 Å². The Labute approximate surface area is 102 Å². The summed E-state index contributed by atoms with van der Waals surface area (Å²) in [6, 6.07) is 6.19. The van der Waals surface area contributed by atoms with Gasteiger partial charge in [0.05, 0.1) is 0 Å². The van der Waals surface area contributed by atoms with Gasteiger partial charge < -0.3 is 10.1 Å². The molecule has 0 saturated heterocycles. The van der Waals surface area contributed by atoms with Crippen LogP contribution in [0.15, 0.2) is 18.2 Å². The van der Waals surface area contributed by atoms with Gasteiger partial charge in [-0.05, 0) is 31.2 Å². The van der Waals surface area contributed by atoms with Gasteiger partial charge in [-0.2, -0.15) is 0 Å². The van der Waals surface area contributed by atoms with Crippen molar-refractivity contribution in [1.29, 1.82) is 0 Å². The second-order valence-corrected chi connectivity index (χ2v) is 5.10. The largest absolute Gasteiger partial charge is 0.490 e. The molecule has 0 saturated carbocycles. The molecule has 1 aliphatic heterocycles. The summed E-state index contributed by atoms with van der Waals surface area (Å²) in [5, 5.41) is 4.10. The van der Waals surface area contributed by atoms with Crippen LogP contribution < -0.4 is 10.1 Å². The van der Waals surface area contributed by atoms with Crippen LogP contribution in [-0.2, 0) is 0 Å². The minimum Gasteiger partial charge on any atom is -0.490 e.